The van der Waals surface area contributed by atoms with Gasteiger partial charge in [0.25, 0.3) is 5.91 Å². The van der Waals surface area contributed by atoms with Crippen LogP contribution in [0.2, 0.25) is 0 Å². The van der Waals surface area contributed by atoms with Crippen molar-refractivity contribution in [1.29, 1.82) is 0 Å². The van der Waals surface area contributed by atoms with Gasteiger partial charge >= 0.3 is 0 Å². The molecule has 1 heterocycles. The van der Waals surface area contributed by atoms with Crippen molar-refractivity contribution in [3.05, 3.63) is 138 Å². The molecule has 0 fully saturated rings. The number of fused-ring (bicyclic) bond motifs is 1. The summed E-state index contributed by atoms with van der Waals surface area (Å²) in [5, 5.41) is 0. The number of benzene rings is 4. The number of carbonyl (C=O) groups excluding carboxylic acids is 1. The molecule has 0 aromatic heterocycles. The van der Waals surface area contributed by atoms with Gasteiger partial charge in [0.05, 0.1) is 11.3 Å². The lowest BCUT2D eigenvalue weighted by Gasteiger charge is -2.46. The van der Waals surface area contributed by atoms with Crippen molar-refractivity contribution in [1.82, 2.24) is 0 Å². The van der Waals surface area contributed by atoms with Crippen LogP contribution >= 0.6 is 0 Å². The molecule has 1 amide bonds. The zero-order valence-corrected chi connectivity index (χ0v) is 19.8. The molecule has 35 heavy (non-hydrogen) atoms. The number of nitrogens with zero attached hydrogens (tertiary/aromatic N) is 2. The lowest BCUT2D eigenvalue weighted by Crippen LogP contribution is -2.49. The molecule has 4 aromatic rings. The summed E-state index contributed by atoms with van der Waals surface area (Å²) < 4.78 is 5.71. The van der Waals surface area contributed by atoms with E-state index in [1.807, 2.05) is 83.8 Å². The largest absolute Gasteiger partial charge is 0.490 e. The van der Waals surface area contributed by atoms with Crippen LogP contribution in [0.15, 0.2) is 116 Å². The lowest BCUT2D eigenvalue weighted by atomic mass is 9.99. The highest BCUT2D eigenvalue weighted by Gasteiger charge is 2.39. The molecular formula is C31H28N2O2. The Hall–Kier alpha value is -4.31. The van der Waals surface area contributed by atoms with Crippen molar-refractivity contribution >= 4 is 17.3 Å². The van der Waals surface area contributed by atoms with E-state index < -0.39 is 0 Å². The van der Waals surface area contributed by atoms with Crippen LogP contribution in [0, 0.1) is 6.92 Å². The molecule has 0 bridgehead atoms. The first-order valence-electron chi connectivity index (χ1n) is 11.8. The van der Waals surface area contributed by atoms with Crippen LogP contribution in [0.1, 0.15) is 33.2 Å². The number of aryl methyl sites for hydroxylation is 1. The number of hydrogen-bond donors (Lipinski definition) is 0. The van der Waals surface area contributed by atoms with Gasteiger partial charge in [-0.3, -0.25) is 9.69 Å². The quantitative estimate of drug-likeness (QED) is 0.281. The second-order valence-corrected chi connectivity index (χ2v) is 8.68. The topological polar surface area (TPSA) is 32.8 Å². The zero-order valence-electron chi connectivity index (χ0n) is 19.8. The highest BCUT2D eigenvalue weighted by Crippen LogP contribution is 2.42. The summed E-state index contributed by atoms with van der Waals surface area (Å²) in [5.74, 6) is 0.762. The molecule has 0 unspecified atom stereocenters. The molecule has 4 heteroatoms. The third-order valence-corrected chi connectivity index (χ3v) is 6.26. The molecule has 0 saturated heterocycles. The van der Waals surface area contributed by atoms with E-state index in [1.54, 1.807) is 6.08 Å². The van der Waals surface area contributed by atoms with Crippen molar-refractivity contribution in [3.8, 4) is 5.75 Å². The van der Waals surface area contributed by atoms with Crippen LogP contribution in [-0.4, -0.2) is 12.5 Å². The number of para-hydroxylation sites is 1. The minimum absolute atomic E-state index is 0.00857. The number of anilines is 2. The van der Waals surface area contributed by atoms with Gasteiger partial charge in [-0.2, -0.15) is 0 Å². The van der Waals surface area contributed by atoms with Crippen molar-refractivity contribution in [3.63, 3.8) is 0 Å². The third-order valence-electron chi connectivity index (χ3n) is 6.26. The van der Waals surface area contributed by atoms with E-state index in [9.17, 15) is 4.79 Å². The van der Waals surface area contributed by atoms with Crippen molar-refractivity contribution in [2.45, 2.75) is 19.6 Å². The Bertz CT molecular complexity index is 1310. The smallest absolute Gasteiger partial charge is 0.262 e. The van der Waals surface area contributed by atoms with Gasteiger partial charge in [-0.15, -0.1) is 0 Å². The van der Waals surface area contributed by atoms with E-state index in [4.69, 9.17) is 4.74 Å². The molecule has 174 valence electrons. The third kappa shape index (κ3) is 4.56. The van der Waals surface area contributed by atoms with E-state index in [0.29, 0.717) is 18.7 Å². The van der Waals surface area contributed by atoms with Crippen LogP contribution < -0.4 is 14.5 Å². The summed E-state index contributed by atoms with van der Waals surface area (Å²) in [6.45, 7) is 6.88. The maximum absolute atomic E-state index is 14.0. The Kier molecular flexibility index (Phi) is 6.36. The van der Waals surface area contributed by atoms with Gasteiger partial charge in [-0.1, -0.05) is 84.9 Å². The fourth-order valence-corrected chi connectivity index (χ4v) is 4.55. The molecule has 0 aliphatic carbocycles. The van der Waals surface area contributed by atoms with Gasteiger partial charge in [0.1, 0.15) is 18.5 Å². The summed E-state index contributed by atoms with van der Waals surface area (Å²) in [6, 6.07) is 34.4. The Labute approximate surface area is 206 Å². The second kappa shape index (κ2) is 9.90. The summed E-state index contributed by atoms with van der Waals surface area (Å²) in [5.41, 5.74) is 5.84. The van der Waals surface area contributed by atoms with Crippen LogP contribution in [0.3, 0.4) is 0 Å². The SMILES string of the molecule is C=CCOc1ccc([C@H]2N(Cc3ccccc3)c3ccccc3C(=O)N2c2ccc(C)cc2)cc1. The Morgan fingerprint density at radius 1 is 0.857 bits per heavy atom. The summed E-state index contributed by atoms with van der Waals surface area (Å²) in [7, 11) is 0. The van der Waals surface area contributed by atoms with Crippen molar-refractivity contribution < 1.29 is 9.53 Å². The first kappa shape index (κ1) is 22.5. The van der Waals surface area contributed by atoms with Gasteiger partial charge in [-0.05, 0) is 54.4 Å². The average molecular weight is 461 g/mol. The second-order valence-electron chi connectivity index (χ2n) is 8.68. The van der Waals surface area contributed by atoms with Gasteiger partial charge < -0.3 is 9.64 Å². The summed E-state index contributed by atoms with van der Waals surface area (Å²) >= 11 is 0. The van der Waals surface area contributed by atoms with Crippen LogP contribution in [0.5, 0.6) is 5.75 Å². The first-order valence-corrected chi connectivity index (χ1v) is 11.8. The minimum atomic E-state index is -0.325. The molecule has 0 radical (unpaired) electrons. The van der Waals surface area contributed by atoms with Crippen LogP contribution in [-0.2, 0) is 6.54 Å². The number of carbonyl (C=O) groups is 1. The fourth-order valence-electron chi connectivity index (χ4n) is 4.55. The first-order chi connectivity index (χ1) is 17.2. The molecule has 0 spiro atoms. The van der Waals surface area contributed by atoms with Gasteiger partial charge in [-0.25, -0.2) is 0 Å². The minimum Gasteiger partial charge on any atom is -0.490 e. The standard InChI is InChI=1S/C31H28N2O2/c1-3-21-35-27-19-15-25(16-20-27)30-32(22-24-9-5-4-6-10-24)29-12-8-7-11-28(29)31(34)33(30)26-17-13-23(2)14-18-26/h3-20,30H,1,21-22H2,2H3/t30-/m0/s1. The van der Waals surface area contributed by atoms with E-state index in [-0.39, 0.29) is 12.1 Å². The molecule has 0 N–H and O–H groups in total. The number of amides is 1. The molecule has 5 rings (SSSR count). The number of hydrogen-bond acceptors (Lipinski definition) is 3. The van der Waals surface area contributed by atoms with Crippen molar-refractivity contribution in [2.75, 3.05) is 16.4 Å². The van der Waals surface area contributed by atoms with Gasteiger partial charge in [0.2, 0.25) is 0 Å². The molecule has 1 aliphatic heterocycles. The predicted molar refractivity (Wildman–Crippen MR) is 142 cm³/mol. The monoisotopic (exact) mass is 460 g/mol. The van der Waals surface area contributed by atoms with Gasteiger partial charge in [0, 0.05) is 12.2 Å². The number of rotatable bonds is 7. The molecule has 4 aromatic carbocycles. The van der Waals surface area contributed by atoms with Crippen molar-refractivity contribution in [2.24, 2.45) is 0 Å². The van der Waals surface area contributed by atoms with Gasteiger partial charge in [0.15, 0.2) is 0 Å². The Balaban J connectivity index is 1.66. The van der Waals surface area contributed by atoms with E-state index in [0.717, 1.165) is 28.3 Å². The Morgan fingerprint density at radius 2 is 1.54 bits per heavy atom. The molecule has 1 atom stereocenters. The van der Waals surface area contributed by atoms with E-state index in [2.05, 4.69) is 42.7 Å². The molecule has 1 aliphatic rings. The fraction of sp³-hybridized carbons (Fsp3) is 0.129. The summed E-state index contributed by atoms with van der Waals surface area (Å²) in [6.07, 6.45) is 1.40. The maximum Gasteiger partial charge on any atom is 0.262 e. The van der Waals surface area contributed by atoms with E-state index >= 15 is 0 Å². The van der Waals surface area contributed by atoms with Crippen LogP contribution in [0.4, 0.5) is 11.4 Å². The van der Waals surface area contributed by atoms with Crippen LogP contribution in [0.25, 0.3) is 0 Å². The molecule has 0 saturated carbocycles. The van der Waals surface area contributed by atoms with E-state index in [1.165, 1.54) is 5.56 Å². The lowest BCUT2D eigenvalue weighted by molar-refractivity contribution is 0.0968. The highest BCUT2D eigenvalue weighted by molar-refractivity contribution is 6.12. The normalized spacial score (nSPS) is 15.0. The summed E-state index contributed by atoms with van der Waals surface area (Å²) in [4.78, 5) is 18.2. The highest BCUT2D eigenvalue weighted by atomic mass is 16.5. The molecular weight excluding hydrogens is 432 g/mol. The molecule has 4 nitrogen and oxygen atoms in total. The Morgan fingerprint density at radius 3 is 2.26 bits per heavy atom. The predicted octanol–water partition coefficient (Wildman–Crippen LogP) is 6.93. The zero-order chi connectivity index (χ0) is 24.2. The maximum atomic E-state index is 14.0. The average Bonchev–Trinajstić information content (AvgIpc) is 2.90. The number of ether oxygens (including phenoxy) is 1.